The van der Waals surface area contributed by atoms with Crippen LogP contribution in [0.5, 0.6) is 0 Å². The predicted octanol–water partition coefficient (Wildman–Crippen LogP) is 1.09. The Balaban J connectivity index is 2.37. The van der Waals surface area contributed by atoms with Crippen LogP contribution in [-0.4, -0.2) is 25.5 Å². The van der Waals surface area contributed by atoms with Crippen molar-refractivity contribution in [3.63, 3.8) is 0 Å². The van der Waals surface area contributed by atoms with Gasteiger partial charge in [-0.2, -0.15) is 5.10 Å². The maximum Gasteiger partial charge on any atom is 0.248 e. The van der Waals surface area contributed by atoms with Crippen LogP contribution in [0.2, 0.25) is 5.02 Å². The summed E-state index contributed by atoms with van der Waals surface area (Å²) in [7, 11) is 1.65. The topological polar surface area (TPSA) is 60.7 Å². The van der Waals surface area contributed by atoms with E-state index in [1.807, 2.05) is 0 Å². The standard InChI is InChI=1S/C9H7ClN4O/c1-14-9(12-5-13-14)8(15)7-3-2-6(10)4-11-7/h2-5H,1H3. The molecule has 2 heterocycles. The van der Waals surface area contributed by atoms with Crippen molar-refractivity contribution in [2.45, 2.75) is 0 Å². The number of hydrogen-bond donors (Lipinski definition) is 0. The number of aromatic nitrogens is 4. The summed E-state index contributed by atoms with van der Waals surface area (Å²) in [5.41, 5.74) is 0.301. The van der Waals surface area contributed by atoms with Crippen LogP contribution in [0.25, 0.3) is 0 Å². The number of pyridine rings is 1. The molecule has 15 heavy (non-hydrogen) atoms. The van der Waals surface area contributed by atoms with Crippen LogP contribution >= 0.6 is 11.6 Å². The summed E-state index contributed by atoms with van der Waals surface area (Å²) in [5.74, 6) is -0.0171. The Hall–Kier alpha value is -1.75. The number of halogens is 1. The van der Waals surface area contributed by atoms with Crippen LogP contribution in [-0.2, 0) is 7.05 Å². The molecule has 5 nitrogen and oxygen atoms in total. The van der Waals surface area contributed by atoms with Gasteiger partial charge in [-0.15, -0.1) is 0 Å². The van der Waals surface area contributed by atoms with Crippen molar-refractivity contribution in [1.82, 2.24) is 19.7 Å². The fraction of sp³-hybridized carbons (Fsp3) is 0.111. The van der Waals surface area contributed by atoms with Gasteiger partial charge in [-0.05, 0) is 12.1 Å². The lowest BCUT2D eigenvalue weighted by Gasteiger charge is -1.98. The molecule has 0 N–H and O–H groups in total. The first-order valence-corrected chi connectivity index (χ1v) is 4.56. The number of carbonyl (C=O) groups excluding carboxylic acids is 1. The van der Waals surface area contributed by atoms with E-state index in [0.29, 0.717) is 10.7 Å². The second kappa shape index (κ2) is 3.78. The van der Waals surface area contributed by atoms with Gasteiger partial charge in [-0.25, -0.2) is 9.67 Å². The molecule has 0 aliphatic carbocycles. The van der Waals surface area contributed by atoms with Crippen LogP contribution in [0.3, 0.4) is 0 Å². The van der Waals surface area contributed by atoms with Crippen molar-refractivity contribution in [3.05, 3.63) is 41.2 Å². The smallest absolute Gasteiger partial charge is 0.248 e. The Kier molecular flexibility index (Phi) is 2.47. The van der Waals surface area contributed by atoms with Crippen molar-refractivity contribution in [1.29, 1.82) is 0 Å². The number of hydrogen-bond acceptors (Lipinski definition) is 4. The van der Waals surface area contributed by atoms with Gasteiger partial charge in [0.2, 0.25) is 11.6 Å². The van der Waals surface area contributed by atoms with Gasteiger partial charge in [-0.1, -0.05) is 11.6 Å². The Morgan fingerprint density at radius 3 is 2.73 bits per heavy atom. The summed E-state index contributed by atoms with van der Waals surface area (Å²) < 4.78 is 1.40. The van der Waals surface area contributed by atoms with Gasteiger partial charge in [0.25, 0.3) is 0 Å². The van der Waals surface area contributed by atoms with E-state index < -0.39 is 0 Å². The molecule has 2 aromatic rings. The van der Waals surface area contributed by atoms with Crippen LogP contribution < -0.4 is 0 Å². The molecule has 0 saturated heterocycles. The minimum atomic E-state index is -0.272. The van der Waals surface area contributed by atoms with E-state index in [9.17, 15) is 4.79 Å². The molecule has 0 atom stereocenters. The number of ketones is 1. The molecule has 0 amide bonds. The van der Waals surface area contributed by atoms with E-state index in [1.54, 1.807) is 19.2 Å². The van der Waals surface area contributed by atoms with E-state index in [0.717, 1.165) is 0 Å². The normalized spacial score (nSPS) is 10.3. The lowest BCUT2D eigenvalue weighted by Crippen LogP contribution is -2.11. The molecular formula is C9H7ClN4O. The predicted molar refractivity (Wildman–Crippen MR) is 53.7 cm³/mol. The zero-order valence-corrected chi connectivity index (χ0v) is 8.64. The van der Waals surface area contributed by atoms with Crippen molar-refractivity contribution in [2.24, 2.45) is 7.05 Å². The van der Waals surface area contributed by atoms with E-state index in [2.05, 4.69) is 15.1 Å². The monoisotopic (exact) mass is 222 g/mol. The Labute approximate surface area is 90.7 Å². The van der Waals surface area contributed by atoms with Crippen molar-refractivity contribution < 1.29 is 4.79 Å². The maximum absolute atomic E-state index is 11.8. The van der Waals surface area contributed by atoms with Gasteiger partial charge in [-0.3, -0.25) is 9.78 Å². The van der Waals surface area contributed by atoms with Crippen LogP contribution in [0.4, 0.5) is 0 Å². The zero-order chi connectivity index (χ0) is 10.8. The van der Waals surface area contributed by atoms with Crippen molar-refractivity contribution in [2.75, 3.05) is 0 Å². The summed E-state index contributed by atoms with van der Waals surface area (Å²) in [6, 6.07) is 3.16. The second-order valence-electron chi connectivity index (χ2n) is 2.90. The minimum Gasteiger partial charge on any atom is -0.283 e. The molecule has 0 fully saturated rings. The van der Waals surface area contributed by atoms with E-state index in [4.69, 9.17) is 11.6 Å². The number of carbonyl (C=O) groups is 1. The molecule has 2 aromatic heterocycles. The third-order valence-corrected chi connectivity index (χ3v) is 2.10. The molecule has 0 saturated carbocycles. The molecule has 0 aliphatic heterocycles. The van der Waals surface area contributed by atoms with Crippen LogP contribution in [0.15, 0.2) is 24.7 Å². The molecule has 0 unspecified atom stereocenters. The average Bonchev–Trinajstić information content (AvgIpc) is 2.65. The van der Waals surface area contributed by atoms with Crippen molar-refractivity contribution in [3.8, 4) is 0 Å². The molecule has 76 valence electrons. The highest BCUT2D eigenvalue weighted by Gasteiger charge is 2.15. The van der Waals surface area contributed by atoms with Gasteiger partial charge in [0.15, 0.2) is 0 Å². The van der Waals surface area contributed by atoms with Gasteiger partial charge in [0.05, 0.1) is 5.02 Å². The van der Waals surface area contributed by atoms with E-state index in [-0.39, 0.29) is 11.6 Å². The van der Waals surface area contributed by atoms with Gasteiger partial charge >= 0.3 is 0 Å². The molecule has 0 aliphatic rings. The Morgan fingerprint density at radius 1 is 1.40 bits per heavy atom. The number of aryl methyl sites for hydroxylation is 1. The number of nitrogens with zero attached hydrogens (tertiary/aromatic N) is 4. The molecular weight excluding hydrogens is 216 g/mol. The third-order valence-electron chi connectivity index (χ3n) is 1.87. The third kappa shape index (κ3) is 1.87. The molecule has 6 heteroatoms. The average molecular weight is 223 g/mol. The summed E-state index contributed by atoms with van der Waals surface area (Å²) in [4.78, 5) is 19.6. The molecule has 0 radical (unpaired) electrons. The highest BCUT2D eigenvalue weighted by molar-refractivity contribution is 6.30. The maximum atomic E-state index is 11.8. The fourth-order valence-electron chi connectivity index (χ4n) is 1.13. The van der Waals surface area contributed by atoms with Gasteiger partial charge in [0.1, 0.15) is 12.0 Å². The largest absolute Gasteiger partial charge is 0.283 e. The van der Waals surface area contributed by atoms with Gasteiger partial charge < -0.3 is 0 Å². The minimum absolute atomic E-state index is 0.254. The summed E-state index contributed by atoms with van der Waals surface area (Å²) in [5, 5.41) is 4.30. The quantitative estimate of drug-likeness (QED) is 0.714. The fourth-order valence-corrected chi connectivity index (χ4v) is 1.24. The first kappa shape index (κ1) is 9.79. The SMILES string of the molecule is Cn1ncnc1C(=O)c1ccc(Cl)cn1. The first-order valence-electron chi connectivity index (χ1n) is 4.19. The molecule has 2 rings (SSSR count). The van der Waals surface area contributed by atoms with E-state index in [1.165, 1.54) is 17.2 Å². The lowest BCUT2D eigenvalue weighted by molar-refractivity contribution is 0.102. The first-order chi connectivity index (χ1) is 7.18. The van der Waals surface area contributed by atoms with Crippen molar-refractivity contribution >= 4 is 17.4 Å². The summed E-state index contributed by atoms with van der Waals surface area (Å²) >= 11 is 5.67. The van der Waals surface area contributed by atoms with E-state index >= 15 is 0 Å². The summed E-state index contributed by atoms with van der Waals surface area (Å²) in [6.45, 7) is 0. The number of rotatable bonds is 2. The lowest BCUT2D eigenvalue weighted by atomic mass is 10.2. The van der Waals surface area contributed by atoms with Gasteiger partial charge in [0, 0.05) is 13.2 Å². The van der Waals surface area contributed by atoms with Crippen LogP contribution in [0, 0.1) is 0 Å². The Bertz CT molecular complexity index is 491. The summed E-state index contributed by atoms with van der Waals surface area (Å²) in [6.07, 6.45) is 2.74. The molecule has 0 aromatic carbocycles. The zero-order valence-electron chi connectivity index (χ0n) is 7.88. The highest BCUT2D eigenvalue weighted by atomic mass is 35.5. The second-order valence-corrected chi connectivity index (χ2v) is 3.33. The molecule has 0 spiro atoms. The van der Waals surface area contributed by atoms with Crippen LogP contribution in [0.1, 0.15) is 16.3 Å². The highest BCUT2D eigenvalue weighted by Crippen LogP contribution is 2.08. The molecule has 0 bridgehead atoms. The Morgan fingerprint density at radius 2 is 2.20 bits per heavy atom.